The normalized spacial score (nSPS) is 16.6. The van der Waals surface area contributed by atoms with Gasteiger partial charge < -0.3 is 20.9 Å². The van der Waals surface area contributed by atoms with Crippen LogP contribution in [0.25, 0.3) is 0 Å². The van der Waals surface area contributed by atoms with Gasteiger partial charge in [-0.05, 0) is 18.1 Å². The average molecular weight is 369 g/mol. The van der Waals surface area contributed by atoms with E-state index >= 15 is 0 Å². The second-order valence-electron chi connectivity index (χ2n) is 6.33. The summed E-state index contributed by atoms with van der Waals surface area (Å²) in [6.07, 6.45) is 0.837. The number of rotatable bonds is 6. The molecule has 25 heavy (non-hydrogen) atoms. The Kier molecular flexibility index (Phi) is 8.72. The fraction of sp³-hybridized carbons (Fsp3) is 0.556. The number of amides is 2. The Hall–Kier alpha value is -1.79. The molecule has 2 amide bonds. The predicted molar refractivity (Wildman–Crippen MR) is 103 cm³/mol. The highest BCUT2D eigenvalue weighted by Crippen LogP contribution is 2.15. The number of carbonyl (C=O) groups excluding carboxylic acids is 2. The molecule has 1 aromatic carbocycles. The predicted octanol–water partition coefficient (Wildman–Crippen LogP) is 1.25. The summed E-state index contributed by atoms with van der Waals surface area (Å²) in [5, 5.41) is 2.67. The molecule has 2 atom stereocenters. The van der Waals surface area contributed by atoms with Crippen LogP contribution in [0.4, 0.5) is 5.69 Å². The van der Waals surface area contributed by atoms with E-state index in [0.29, 0.717) is 13.1 Å². The number of nitrogens with one attached hydrogen (secondary N) is 1. The maximum atomic E-state index is 12.3. The van der Waals surface area contributed by atoms with Crippen LogP contribution < -0.4 is 16.0 Å². The molecular formula is C18H29ClN4O2. The number of benzene rings is 1. The van der Waals surface area contributed by atoms with Gasteiger partial charge in [-0.15, -0.1) is 12.4 Å². The molecule has 7 heteroatoms. The maximum absolute atomic E-state index is 12.3. The third kappa shape index (κ3) is 5.90. The van der Waals surface area contributed by atoms with Crippen molar-refractivity contribution >= 4 is 29.9 Å². The van der Waals surface area contributed by atoms with Gasteiger partial charge in [-0.25, -0.2) is 0 Å². The quantitative estimate of drug-likeness (QED) is 0.792. The molecule has 0 spiro atoms. The Bertz CT molecular complexity index is 547. The van der Waals surface area contributed by atoms with Crippen LogP contribution in [0.5, 0.6) is 0 Å². The van der Waals surface area contributed by atoms with Crippen molar-refractivity contribution in [2.75, 3.05) is 37.6 Å². The van der Waals surface area contributed by atoms with Gasteiger partial charge in [0.05, 0.1) is 12.6 Å². The summed E-state index contributed by atoms with van der Waals surface area (Å²) in [5.74, 6) is -0.192. The van der Waals surface area contributed by atoms with Crippen LogP contribution in [0.15, 0.2) is 30.3 Å². The van der Waals surface area contributed by atoms with Gasteiger partial charge >= 0.3 is 0 Å². The topological polar surface area (TPSA) is 78.7 Å². The molecule has 1 aromatic rings. The molecule has 6 nitrogen and oxygen atoms in total. The van der Waals surface area contributed by atoms with E-state index in [-0.39, 0.29) is 36.7 Å². The zero-order valence-corrected chi connectivity index (χ0v) is 15.8. The lowest BCUT2D eigenvalue weighted by Crippen LogP contribution is -2.53. The zero-order chi connectivity index (χ0) is 17.5. The summed E-state index contributed by atoms with van der Waals surface area (Å²) >= 11 is 0. The first kappa shape index (κ1) is 21.3. The van der Waals surface area contributed by atoms with E-state index < -0.39 is 6.04 Å². The highest BCUT2D eigenvalue weighted by atomic mass is 35.5. The molecule has 1 saturated heterocycles. The Morgan fingerprint density at radius 1 is 1.16 bits per heavy atom. The first-order chi connectivity index (χ1) is 11.5. The van der Waals surface area contributed by atoms with Gasteiger partial charge in [-0.3, -0.25) is 9.59 Å². The Balaban J connectivity index is 0.00000312. The molecule has 1 aliphatic rings. The lowest BCUT2D eigenvalue weighted by atomic mass is 9.99. The van der Waals surface area contributed by atoms with Crippen LogP contribution >= 0.6 is 12.4 Å². The molecule has 3 N–H and O–H groups in total. The zero-order valence-electron chi connectivity index (χ0n) is 15.0. The fourth-order valence-corrected chi connectivity index (χ4v) is 2.76. The second-order valence-corrected chi connectivity index (χ2v) is 6.33. The summed E-state index contributed by atoms with van der Waals surface area (Å²) < 4.78 is 0. The molecule has 1 heterocycles. The van der Waals surface area contributed by atoms with Crippen molar-refractivity contribution in [2.24, 2.45) is 11.7 Å². The van der Waals surface area contributed by atoms with Crippen molar-refractivity contribution in [1.29, 1.82) is 0 Å². The molecule has 2 unspecified atom stereocenters. The molecule has 1 aliphatic heterocycles. The van der Waals surface area contributed by atoms with Gasteiger partial charge in [0.1, 0.15) is 0 Å². The Labute approximate surface area is 156 Å². The molecular weight excluding hydrogens is 340 g/mol. The minimum atomic E-state index is -0.558. The molecule has 0 saturated carbocycles. The van der Waals surface area contributed by atoms with Gasteiger partial charge in [-0.2, -0.15) is 0 Å². The van der Waals surface area contributed by atoms with Crippen LogP contribution in [0.1, 0.15) is 20.3 Å². The number of anilines is 1. The van der Waals surface area contributed by atoms with E-state index in [9.17, 15) is 9.59 Å². The van der Waals surface area contributed by atoms with Crippen LogP contribution in [0.3, 0.4) is 0 Å². The molecule has 2 rings (SSSR count). The van der Waals surface area contributed by atoms with Gasteiger partial charge in [0.2, 0.25) is 11.8 Å². The third-order valence-electron chi connectivity index (χ3n) is 4.73. The molecule has 0 aromatic heterocycles. The van der Waals surface area contributed by atoms with E-state index in [1.807, 2.05) is 32.0 Å². The highest BCUT2D eigenvalue weighted by Gasteiger charge is 2.23. The van der Waals surface area contributed by atoms with Gasteiger partial charge in [0.25, 0.3) is 0 Å². The number of halogens is 1. The number of carbonyl (C=O) groups is 2. The van der Waals surface area contributed by atoms with E-state index in [1.165, 1.54) is 5.69 Å². The van der Waals surface area contributed by atoms with E-state index in [0.717, 1.165) is 19.5 Å². The maximum Gasteiger partial charge on any atom is 0.242 e. The van der Waals surface area contributed by atoms with Gasteiger partial charge in [0, 0.05) is 31.9 Å². The Morgan fingerprint density at radius 2 is 1.76 bits per heavy atom. The van der Waals surface area contributed by atoms with Crippen LogP contribution in [0.2, 0.25) is 0 Å². The lowest BCUT2D eigenvalue weighted by molar-refractivity contribution is -0.133. The molecule has 0 aliphatic carbocycles. The first-order valence-corrected chi connectivity index (χ1v) is 8.64. The second kappa shape index (κ2) is 10.3. The number of hydrogen-bond acceptors (Lipinski definition) is 4. The minimum Gasteiger partial charge on any atom is -0.368 e. The number of para-hydroxylation sites is 1. The largest absolute Gasteiger partial charge is 0.368 e. The van der Waals surface area contributed by atoms with E-state index in [2.05, 4.69) is 22.3 Å². The van der Waals surface area contributed by atoms with Crippen molar-refractivity contribution < 1.29 is 9.59 Å². The monoisotopic (exact) mass is 368 g/mol. The summed E-state index contributed by atoms with van der Waals surface area (Å²) in [5.41, 5.74) is 7.05. The van der Waals surface area contributed by atoms with Crippen LogP contribution in [0, 0.1) is 5.92 Å². The molecule has 0 bridgehead atoms. The number of nitrogens with zero attached hydrogens (tertiary/aromatic N) is 2. The van der Waals surface area contributed by atoms with Gasteiger partial charge in [0.15, 0.2) is 0 Å². The summed E-state index contributed by atoms with van der Waals surface area (Å²) in [6, 6.07) is 9.63. The van der Waals surface area contributed by atoms with Crippen molar-refractivity contribution in [3.05, 3.63) is 30.3 Å². The van der Waals surface area contributed by atoms with Crippen molar-refractivity contribution in [2.45, 2.75) is 26.3 Å². The van der Waals surface area contributed by atoms with E-state index in [1.54, 1.807) is 4.90 Å². The number of piperazine rings is 1. The SMILES string of the molecule is CCC(C)C(N)C(=O)NCC(=O)N1CCN(c2ccccc2)CC1.Cl. The molecule has 0 radical (unpaired) electrons. The summed E-state index contributed by atoms with van der Waals surface area (Å²) in [6.45, 7) is 6.90. The smallest absolute Gasteiger partial charge is 0.242 e. The number of nitrogens with two attached hydrogens (primary N) is 1. The lowest BCUT2D eigenvalue weighted by Gasteiger charge is -2.36. The minimum absolute atomic E-state index is 0. The number of hydrogen-bond donors (Lipinski definition) is 2. The first-order valence-electron chi connectivity index (χ1n) is 8.64. The molecule has 140 valence electrons. The summed E-state index contributed by atoms with van der Waals surface area (Å²) in [4.78, 5) is 28.3. The standard InChI is InChI=1S/C18H28N4O2.ClH/c1-3-14(2)17(19)18(24)20-13-16(23)22-11-9-21(10-12-22)15-7-5-4-6-8-15;/h4-8,14,17H,3,9-13,19H2,1-2H3,(H,20,24);1H. The van der Waals surface area contributed by atoms with Crippen molar-refractivity contribution in [3.63, 3.8) is 0 Å². The van der Waals surface area contributed by atoms with Crippen molar-refractivity contribution in [1.82, 2.24) is 10.2 Å². The summed E-state index contributed by atoms with van der Waals surface area (Å²) in [7, 11) is 0. The van der Waals surface area contributed by atoms with E-state index in [4.69, 9.17) is 5.73 Å². The third-order valence-corrected chi connectivity index (χ3v) is 4.73. The molecule has 1 fully saturated rings. The fourth-order valence-electron chi connectivity index (χ4n) is 2.76. The highest BCUT2D eigenvalue weighted by molar-refractivity contribution is 5.87. The Morgan fingerprint density at radius 3 is 2.32 bits per heavy atom. The van der Waals surface area contributed by atoms with Crippen LogP contribution in [-0.2, 0) is 9.59 Å². The van der Waals surface area contributed by atoms with Crippen LogP contribution in [-0.4, -0.2) is 55.5 Å². The average Bonchev–Trinajstić information content (AvgIpc) is 2.65. The van der Waals surface area contributed by atoms with Gasteiger partial charge in [-0.1, -0.05) is 38.5 Å². The van der Waals surface area contributed by atoms with Crippen molar-refractivity contribution in [3.8, 4) is 0 Å².